The number of thioether (sulfide) groups is 2. The molecule has 0 aliphatic carbocycles. The normalized spacial score (nSPS) is 24.4. The van der Waals surface area contributed by atoms with Crippen LogP contribution in [-0.2, 0) is 70.2 Å². The van der Waals surface area contributed by atoms with Crippen molar-refractivity contribution in [1.82, 2.24) is 0 Å². The van der Waals surface area contributed by atoms with E-state index in [0.29, 0.717) is 50.5 Å². The maximum Gasteiger partial charge on any atom is 0.330 e. The SMILES string of the molecule is C.C.C.C.CCSC(C[C@H](O)[C@H]1COC(C)(C)O1)SCC.COC(=O)/C=C/C[C@H](OCc1ccc(OC)cc1)[C@H]1COC(C)(C)O1.COc1ccc(CO[C@@H](C/C=C/C=O)[C@H]2COC(C)(C)O2)cc1.OC1OC[C@@H](O)[C@@H](O)[C@@H]1O. The highest BCUT2D eigenvalue weighted by atomic mass is 32.2. The molecule has 0 spiro atoms. The molecule has 4 heterocycles. The van der Waals surface area contributed by atoms with Crippen molar-refractivity contribution in [3.63, 3.8) is 0 Å². The van der Waals surface area contributed by atoms with Gasteiger partial charge in [0.05, 0.1) is 83.9 Å². The Labute approximate surface area is 481 Å². The van der Waals surface area contributed by atoms with Gasteiger partial charge in [0.1, 0.15) is 54.4 Å². The average Bonchev–Trinajstić information content (AvgIpc) is 4.08. The van der Waals surface area contributed by atoms with Crippen LogP contribution in [-0.4, -0.2) is 180 Å². The smallest absolute Gasteiger partial charge is 0.330 e. The molecule has 2 aromatic carbocycles. The van der Waals surface area contributed by atoms with Crippen LogP contribution in [0.4, 0.5) is 0 Å². The zero-order chi connectivity index (χ0) is 55.6. The summed E-state index contributed by atoms with van der Waals surface area (Å²) in [6.07, 6.45) is 2.45. The second-order valence-corrected chi connectivity index (χ2v) is 22.1. The topological polar surface area (TPSA) is 246 Å². The van der Waals surface area contributed by atoms with Crippen LogP contribution < -0.4 is 9.47 Å². The summed E-state index contributed by atoms with van der Waals surface area (Å²) in [4.78, 5) is 21.7. The number of allylic oxidation sites excluding steroid dienone is 1. The van der Waals surface area contributed by atoms with E-state index in [4.69, 9.17) is 67.8 Å². The van der Waals surface area contributed by atoms with E-state index < -0.39 is 54.0 Å². The van der Waals surface area contributed by atoms with E-state index in [1.165, 1.54) is 19.3 Å². The quantitative estimate of drug-likeness (QED) is 0.0303. The summed E-state index contributed by atoms with van der Waals surface area (Å²) >= 11 is 3.79. The Morgan fingerprint density at radius 1 is 0.646 bits per heavy atom. The first kappa shape index (κ1) is 77.9. The molecule has 0 saturated carbocycles. The predicted octanol–water partition coefficient (Wildman–Crippen LogP) is 8.41. The lowest BCUT2D eigenvalue weighted by Gasteiger charge is -2.31. The molecule has 458 valence electrons. The van der Waals surface area contributed by atoms with Gasteiger partial charge in [-0.25, -0.2) is 4.79 Å². The molecule has 10 atom stereocenters. The minimum absolute atomic E-state index is 0. The van der Waals surface area contributed by atoms with Gasteiger partial charge in [0.25, 0.3) is 0 Å². The van der Waals surface area contributed by atoms with E-state index in [1.807, 2.05) is 114 Å². The molecule has 5 N–H and O–H groups in total. The van der Waals surface area contributed by atoms with Gasteiger partial charge in [0.2, 0.25) is 0 Å². The molecule has 0 amide bonds. The van der Waals surface area contributed by atoms with Crippen LogP contribution in [0.15, 0.2) is 72.8 Å². The highest BCUT2D eigenvalue weighted by molar-refractivity contribution is 8.16. The van der Waals surface area contributed by atoms with Gasteiger partial charge in [0, 0.05) is 6.08 Å². The van der Waals surface area contributed by atoms with Gasteiger partial charge in [-0.05, 0) is 114 Å². The van der Waals surface area contributed by atoms with Crippen LogP contribution in [0.5, 0.6) is 11.5 Å². The molecule has 4 fully saturated rings. The molecule has 0 bridgehead atoms. The fraction of sp³-hybridized carbons (Fsp3) is 0.690. The summed E-state index contributed by atoms with van der Waals surface area (Å²) < 4.78 is 66.1. The molecular weight excluding hydrogens is 1060 g/mol. The number of carbonyl (C=O) groups excluding carboxylic acids is 2. The standard InChI is InChI=1S/C19H26O6.C18H24O5.C12H24O3S2.C5H10O5.4CH4/c1-19(2)24-13-17(25-19)16(6-5-7-18(20)22-4)23-12-14-8-10-15(21-3)11-9-14;1-18(2)22-13-17(23-18)16(6-4-5-11-19)21-12-14-7-9-15(20-3)10-8-14;1-5-16-11(17-6-2)7-9(13)10-8-14-12(3,4)15-10;6-2-1-10-5(9)4(8)3(2)7;;;;/h5,7-11,16-17H,6,12-13H2,1-4H3;4-5,7-11,16-17H,6,12-13H2,1-3H3;9-11,13H,5-8H2,1-4H3;2-9H,1H2;4*1H4/b7-5+;5-4+;;;;;;/t2*16-,17+;9-,10+;2-,3-,4+,5?;;;;/m0001..../s1. The van der Waals surface area contributed by atoms with Gasteiger partial charge in [-0.1, -0.05) is 80.0 Å². The van der Waals surface area contributed by atoms with Crippen molar-refractivity contribution >= 4 is 35.8 Å². The lowest BCUT2D eigenvalue weighted by Crippen LogP contribution is -2.52. The number of methoxy groups -OCH3 is 3. The summed E-state index contributed by atoms with van der Waals surface area (Å²) in [6, 6.07) is 15.4. The van der Waals surface area contributed by atoms with Crippen LogP contribution in [0.1, 0.15) is 115 Å². The number of aliphatic hydroxyl groups is 5. The number of aliphatic hydroxyl groups excluding tert-OH is 5. The Balaban J connectivity index is 0. The molecule has 1 unspecified atom stereocenters. The Kier molecular flexibility index (Phi) is 39.5. The molecule has 21 heteroatoms. The number of aldehydes is 1. The number of hydrogen-bond acceptors (Lipinski definition) is 21. The fourth-order valence-electron chi connectivity index (χ4n) is 7.54. The van der Waals surface area contributed by atoms with Gasteiger partial charge >= 0.3 is 5.97 Å². The lowest BCUT2D eigenvalue weighted by atomic mass is 10.1. The van der Waals surface area contributed by atoms with Crippen molar-refractivity contribution in [3.05, 3.63) is 84.0 Å². The maximum atomic E-state index is 11.2. The fourth-order valence-corrected chi connectivity index (χ4v) is 10.1. The average molecular weight is 1170 g/mol. The molecule has 4 aliphatic rings. The van der Waals surface area contributed by atoms with Gasteiger partial charge < -0.3 is 82.4 Å². The van der Waals surface area contributed by atoms with E-state index >= 15 is 0 Å². The van der Waals surface area contributed by atoms with E-state index in [0.717, 1.165) is 46.8 Å². The van der Waals surface area contributed by atoms with Crippen LogP contribution in [0.25, 0.3) is 0 Å². The van der Waals surface area contributed by atoms with Gasteiger partial charge in [-0.3, -0.25) is 4.79 Å². The number of rotatable bonds is 23. The first-order valence-corrected chi connectivity index (χ1v) is 27.2. The second-order valence-electron chi connectivity index (χ2n) is 18.9. The van der Waals surface area contributed by atoms with Crippen molar-refractivity contribution in [2.75, 3.05) is 59.3 Å². The zero-order valence-corrected chi connectivity index (χ0v) is 47.0. The third-order valence-corrected chi connectivity index (χ3v) is 14.2. The number of esters is 1. The number of ether oxygens (including phenoxy) is 12. The van der Waals surface area contributed by atoms with E-state index in [9.17, 15) is 14.7 Å². The van der Waals surface area contributed by atoms with Crippen molar-refractivity contribution in [3.8, 4) is 11.5 Å². The molecule has 4 aliphatic heterocycles. The Morgan fingerprint density at radius 3 is 1.42 bits per heavy atom. The van der Waals surface area contributed by atoms with Crippen LogP contribution in [0.3, 0.4) is 0 Å². The summed E-state index contributed by atoms with van der Waals surface area (Å²) in [7, 11) is 4.62. The summed E-state index contributed by atoms with van der Waals surface area (Å²) in [6.45, 7) is 17.8. The minimum Gasteiger partial charge on any atom is -0.497 e. The van der Waals surface area contributed by atoms with Crippen LogP contribution in [0, 0.1) is 0 Å². The number of carbonyl (C=O) groups is 2. The summed E-state index contributed by atoms with van der Waals surface area (Å²) in [5.41, 5.74) is 2.08. The summed E-state index contributed by atoms with van der Waals surface area (Å²) in [5, 5.41) is 45.4. The molecular formula is C58H100O19S2. The lowest BCUT2D eigenvalue weighted by molar-refractivity contribution is -0.252. The Bertz CT molecular complexity index is 1930. The van der Waals surface area contributed by atoms with E-state index in [1.54, 1.807) is 26.4 Å². The number of benzene rings is 2. The number of hydrogen-bond donors (Lipinski definition) is 5. The monoisotopic (exact) mass is 1160 g/mol. The Morgan fingerprint density at radius 2 is 1.06 bits per heavy atom. The van der Waals surface area contributed by atoms with E-state index in [2.05, 4.69) is 23.3 Å². The molecule has 79 heavy (non-hydrogen) atoms. The van der Waals surface area contributed by atoms with Gasteiger partial charge in [0.15, 0.2) is 23.7 Å². The van der Waals surface area contributed by atoms with Gasteiger partial charge in [-0.2, -0.15) is 0 Å². The third kappa shape index (κ3) is 29.6. The van der Waals surface area contributed by atoms with Crippen molar-refractivity contribution in [2.45, 2.75) is 201 Å². The Hall–Kier alpha value is -3.20. The van der Waals surface area contributed by atoms with Crippen LogP contribution >= 0.6 is 23.5 Å². The molecule has 6 rings (SSSR count). The molecule has 0 radical (unpaired) electrons. The maximum absolute atomic E-state index is 11.2. The first-order valence-electron chi connectivity index (χ1n) is 25.1. The first-order chi connectivity index (χ1) is 35.6. The highest BCUT2D eigenvalue weighted by Crippen LogP contribution is 2.33. The summed E-state index contributed by atoms with van der Waals surface area (Å²) in [5.74, 6) is 1.62. The molecule has 2 aromatic rings. The van der Waals surface area contributed by atoms with E-state index in [-0.39, 0.29) is 66.8 Å². The molecule has 4 saturated heterocycles. The largest absolute Gasteiger partial charge is 0.497 e. The third-order valence-electron chi connectivity index (χ3n) is 11.6. The van der Waals surface area contributed by atoms with Crippen LogP contribution in [0.2, 0.25) is 0 Å². The highest BCUT2D eigenvalue weighted by Gasteiger charge is 2.40. The minimum atomic E-state index is -1.41. The van der Waals surface area contributed by atoms with Crippen molar-refractivity contribution < 1.29 is 92.0 Å². The van der Waals surface area contributed by atoms with Crippen molar-refractivity contribution in [1.29, 1.82) is 0 Å². The zero-order valence-electron chi connectivity index (χ0n) is 45.4. The molecule has 19 nitrogen and oxygen atoms in total. The van der Waals surface area contributed by atoms with Crippen molar-refractivity contribution in [2.24, 2.45) is 0 Å². The second kappa shape index (κ2) is 40.1. The molecule has 0 aromatic heterocycles. The van der Waals surface area contributed by atoms with Gasteiger partial charge in [-0.15, -0.1) is 23.5 Å². The predicted molar refractivity (Wildman–Crippen MR) is 311 cm³/mol.